The first kappa shape index (κ1) is 12.5. The smallest absolute Gasteiger partial charge is 0.264 e. The number of amidine groups is 1. The number of aliphatic imine (C=N–C) groups is 1. The highest BCUT2D eigenvalue weighted by atomic mass is 32.2. The molecule has 2 aliphatic carbocycles. The van der Waals surface area contributed by atoms with Crippen LogP contribution in [0.25, 0.3) is 0 Å². The largest absolute Gasteiger partial charge is 0.361 e. The molecule has 1 aliphatic heterocycles. The van der Waals surface area contributed by atoms with E-state index >= 15 is 0 Å². The number of hydrogen-bond acceptors (Lipinski definition) is 3. The Labute approximate surface area is 113 Å². The monoisotopic (exact) mass is 266 g/mol. The standard InChI is InChI=1S/C14H22N2OS/c1-8(2)14(3)12(17)16-13(18-14)15-11-7-9-4-5-10(11)6-9/h8-11H,4-7H2,1-3H3,(H,15,16,17)/t9?,10-,11-,14?/m1/s1. The van der Waals surface area contributed by atoms with Crippen LogP contribution >= 0.6 is 11.8 Å². The van der Waals surface area contributed by atoms with Gasteiger partial charge in [0.15, 0.2) is 5.17 Å². The van der Waals surface area contributed by atoms with E-state index in [0.717, 1.165) is 17.0 Å². The Morgan fingerprint density at radius 2 is 2.17 bits per heavy atom. The molecule has 1 amide bonds. The maximum absolute atomic E-state index is 12.0. The Morgan fingerprint density at radius 3 is 2.67 bits per heavy atom. The summed E-state index contributed by atoms with van der Waals surface area (Å²) in [5.74, 6) is 2.09. The summed E-state index contributed by atoms with van der Waals surface area (Å²) < 4.78 is -0.361. The summed E-state index contributed by atoms with van der Waals surface area (Å²) in [5, 5.41) is 4.41. The zero-order valence-corrected chi connectivity index (χ0v) is 12.2. The second-order valence-electron chi connectivity index (χ2n) is 6.51. The molecular formula is C14H22N2OS. The predicted octanol–water partition coefficient (Wildman–Crippen LogP) is 2.81. The number of rotatable bonds is 2. The molecule has 2 fully saturated rings. The number of carbonyl (C=O) groups excluding carboxylic acids is 1. The second kappa shape index (κ2) is 4.26. The molecule has 3 rings (SSSR count). The fraction of sp³-hybridized carbons (Fsp3) is 0.857. The Bertz CT molecular complexity index is 407. The average molecular weight is 266 g/mol. The van der Waals surface area contributed by atoms with Crippen LogP contribution < -0.4 is 5.32 Å². The molecule has 0 aromatic carbocycles. The van der Waals surface area contributed by atoms with E-state index in [0.29, 0.717) is 12.0 Å². The Morgan fingerprint density at radius 1 is 1.39 bits per heavy atom. The number of carbonyl (C=O) groups is 1. The molecule has 1 heterocycles. The Balaban J connectivity index is 1.65. The van der Waals surface area contributed by atoms with Gasteiger partial charge in [-0.25, -0.2) is 0 Å². The van der Waals surface area contributed by atoms with Gasteiger partial charge in [0.05, 0.1) is 0 Å². The first-order valence-electron chi connectivity index (χ1n) is 7.07. The molecule has 0 aromatic rings. The molecule has 100 valence electrons. The van der Waals surface area contributed by atoms with Crippen LogP contribution in [-0.2, 0) is 4.79 Å². The van der Waals surface area contributed by atoms with Crippen molar-refractivity contribution in [2.45, 2.75) is 57.2 Å². The first-order chi connectivity index (χ1) is 8.49. The van der Waals surface area contributed by atoms with Crippen LogP contribution in [0.2, 0.25) is 0 Å². The summed E-state index contributed by atoms with van der Waals surface area (Å²) in [7, 11) is 0. The number of hydrogen-bond donors (Lipinski definition) is 1. The SMILES string of the molecule is CC(C)C1(C)SC(N[C@@H]2CC3CC[C@@H]2C3)=NC1=O. The van der Waals surface area contributed by atoms with Crippen molar-refractivity contribution < 1.29 is 4.79 Å². The summed E-state index contributed by atoms with van der Waals surface area (Å²) >= 11 is 1.63. The highest BCUT2D eigenvalue weighted by Gasteiger charge is 2.46. The van der Waals surface area contributed by atoms with Gasteiger partial charge in [0.1, 0.15) is 4.75 Å². The summed E-state index contributed by atoms with van der Waals surface area (Å²) in [5.41, 5.74) is 0. The molecule has 3 nitrogen and oxygen atoms in total. The van der Waals surface area contributed by atoms with Gasteiger partial charge in [-0.15, -0.1) is 0 Å². The van der Waals surface area contributed by atoms with Crippen molar-refractivity contribution in [3.63, 3.8) is 0 Å². The average Bonchev–Trinajstić information content (AvgIpc) is 2.95. The normalized spacial score (nSPS) is 42.8. The van der Waals surface area contributed by atoms with Gasteiger partial charge in [0.2, 0.25) is 0 Å². The van der Waals surface area contributed by atoms with Crippen LogP contribution in [0.4, 0.5) is 0 Å². The molecule has 0 aromatic heterocycles. The van der Waals surface area contributed by atoms with Gasteiger partial charge in [0, 0.05) is 6.04 Å². The zero-order valence-electron chi connectivity index (χ0n) is 11.4. The van der Waals surface area contributed by atoms with Crippen LogP contribution in [0.1, 0.15) is 46.5 Å². The number of thioether (sulfide) groups is 1. The summed E-state index contributed by atoms with van der Waals surface area (Å²) in [6.45, 7) is 6.21. The van der Waals surface area contributed by atoms with Crippen molar-refractivity contribution in [2.24, 2.45) is 22.7 Å². The van der Waals surface area contributed by atoms with Crippen LogP contribution in [0.3, 0.4) is 0 Å². The van der Waals surface area contributed by atoms with Gasteiger partial charge in [-0.2, -0.15) is 4.99 Å². The molecule has 0 spiro atoms. The van der Waals surface area contributed by atoms with E-state index in [-0.39, 0.29) is 10.7 Å². The molecule has 2 saturated carbocycles. The Hall–Kier alpha value is -0.510. The fourth-order valence-electron chi connectivity index (χ4n) is 3.48. The second-order valence-corrected chi connectivity index (χ2v) is 7.95. The summed E-state index contributed by atoms with van der Waals surface area (Å²) in [6.07, 6.45) is 5.42. The number of amides is 1. The molecule has 2 unspecified atom stereocenters. The summed E-state index contributed by atoms with van der Waals surface area (Å²) in [6, 6.07) is 0.567. The quantitative estimate of drug-likeness (QED) is 0.835. The molecule has 3 aliphatic rings. The van der Waals surface area contributed by atoms with Gasteiger partial charge >= 0.3 is 0 Å². The summed E-state index contributed by atoms with van der Waals surface area (Å²) in [4.78, 5) is 16.3. The van der Waals surface area contributed by atoms with E-state index in [1.165, 1.54) is 25.7 Å². The van der Waals surface area contributed by atoms with Crippen molar-refractivity contribution in [1.29, 1.82) is 0 Å². The van der Waals surface area contributed by atoms with E-state index in [4.69, 9.17) is 0 Å². The zero-order chi connectivity index (χ0) is 12.9. The van der Waals surface area contributed by atoms with Crippen LogP contribution in [0.15, 0.2) is 4.99 Å². The minimum atomic E-state index is -0.361. The van der Waals surface area contributed by atoms with Gasteiger partial charge in [-0.1, -0.05) is 32.0 Å². The lowest BCUT2D eigenvalue weighted by atomic mass is 9.96. The van der Waals surface area contributed by atoms with E-state index < -0.39 is 0 Å². The lowest BCUT2D eigenvalue weighted by molar-refractivity contribution is -0.120. The van der Waals surface area contributed by atoms with Gasteiger partial charge in [0.25, 0.3) is 5.91 Å². The lowest BCUT2D eigenvalue weighted by Gasteiger charge is -2.26. The fourth-order valence-corrected chi connectivity index (χ4v) is 4.59. The molecule has 0 saturated heterocycles. The third-order valence-corrected chi connectivity index (χ3v) is 6.56. The van der Waals surface area contributed by atoms with Crippen molar-refractivity contribution in [3.8, 4) is 0 Å². The molecule has 1 N–H and O–H groups in total. The van der Waals surface area contributed by atoms with Crippen LogP contribution in [0.5, 0.6) is 0 Å². The first-order valence-corrected chi connectivity index (χ1v) is 7.89. The van der Waals surface area contributed by atoms with E-state index in [2.05, 4.69) is 24.2 Å². The predicted molar refractivity (Wildman–Crippen MR) is 75.6 cm³/mol. The Kier molecular flexibility index (Phi) is 2.96. The van der Waals surface area contributed by atoms with Gasteiger partial charge < -0.3 is 5.32 Å². The molecule has 4 heteroatoms. The van der Waals surface area contributed by atoms with Crippen molar-refractivity contribution in [3.05, 3.63) is 0 Å². The van der Waals surface area contributed by atoms with Gasteiger partial charge in [-0.05, 0) is 43.9 Å². The maximum atomic E-state index is 12.0. The molecule has 0 radical (unpaired) electrons. The van der Waals surface area contributed by atoms with E-state index in [1.807, 2.05) is 6.92 Å². The van der Waals surface area contributed by atoms with E-state index in [9.17, 15) is 4.79 Å². The molecular weight excluding hydrogens is 244 g/mol. The maximum Gasteiger partial charge on any atom is 0.264 e. The van der Waals surface area contributed by atoms with Crippen molar-refractivity contribution >= 4 is 22.8 Å². The third kappa shape index (κ3) is 1.89. The number of fused-ring (bicyclic) bond motifs is 2. The van der Waals surface area contributed by atoms with Crippen molar-refractivity contribution in [1.82, 2.24) is 5.32 Å². The van der Waals surface area contributed by atoms with Crippen LogP contribution in [-0.4, -0.2) is 21.9 Å². The minimum absolute atomic E-state index is 0.0353. The minimum Gasteiger partial charge on any atom is -0.361 e. The van der Waals surface area contributed by atoms with Crippen LogP contribution in [0, 0.1) is 17.8 Å². The number of nitrogens with one attached hydrogen (secondary N) is 1. The number of nitrogens with zero attached hydrogens (tertiary/aromatic N) is 1. The van der Waals surface area contributed by atoms with E-state index in [1.54, 1.807) is 11.8 Å². The topological polar surface area (TPSA) is 41.5 Å². The molecule has 18 heavy (non-hydrogen) atoms. The molecule has 4 atom stereocenters. The third-order valence-electron chi connectivity index (χ3n) is 5.09. The van der Waals surface area contributed by atoms with Gasteiger partial charge in [-0.3, -0.25) is 4.79 Å². The highest BCUT2D eigenvalue weighted by Crippen LogP contribution is 2.46. The highest BCUT2D eigenvalue weighted by molar-refractivity contribution is 8.16. The lowest BCUT2D eigenvalue weighted by Crippen LogP contribution is -2.38. The molecule has 2 bridgehead atoms. The van der Waals surface area contributed by atoms with Crippen molar-refractivity contribution in [2.75, 3.05) is 0 Å².